The number of likely N-dealkylation sites (tertiary alicyclic amines) is 1. The zero-order valence-corrected chi connectivity index (χ0v) is 29.9. The summed E-state index contributed by atoms with van der Waals surface area (Å²) >= 11 is 3.76. The smallest absolute Gasteiger partial charge is 0.306 e. The largest absolute Gasteiger partial charge is 0.463 e. The number of alkyl halides is 1. The van der Waals surface area contributed by atoms with E-state index in [1.54, 1.807) is 22.0 Å². The maximum atomic E-state index is 14.6. The Morgan fingerprint density at radius 3 is 2.58 bits per heavy atom. The second-order valence-corrected chi connectivity index (χ2v) is 14.4. The van der Waals surface area contributed by atoms with Crippen molar-refractivity contribution < 1.29 is 33.8 Å². The van der Waals surface area contributed by atoms with E-state index in [0.29, 0.717) is 38.8 Å². The number of fused-ring (bicyclic) bond motifs is 1. The standard InChI is InChI=1S/C37H52BrN3O7/c1-5-8-19-29(43)47-24-28(26-17-12-11-13-18-26)39-34(44)30-31-35(45)41(21-14-9-10-15-22-42)33(37(31)23-27(38)32(30)48-37)36(46)40(20-7-3)25(4)16-6-2/h5,7,11-13,17-18,25,27-28,30-33,42H,1,3,6,8-10,14-16,19-24H2,2,4H3,(H,39,44)/t25?,27?,28-,30+,31-,32+,33+,37-/m1/s1. The molecule has 2 N–H and O–H groups in total. The van der Waals surface area contributed by atoms with E-state index in [2.05, 4.69) is 41.3 Å². The number of allylic oxidation sites excluding steroid dienone is 1. The van der Waals surface area contributed by atoms with Gasteiger partial charge >= 0.3 is 5.97 Å². The molecule has 3 aliphatic rings. The van der Waals surface area contributed by atoms with Crippen LogP contribution in [0.25, 0.3) is 0 Å². The number of esters is 1. The Kier molecular flexibility index (Phi) is 13.8. The summed E-state index contributed by atoms with van der Waals surface area (Å²) < 4.78 is 12.3. The van der Waals surface area contributed by atoms with Gasteiger partial charge in [-0.1, -0.05) is 84.6 Å². The highest BCUT2D eigenvalue weighted by molar-refractivity contribution is 9.09. The molecule has 4 rings (SSSR count). The SMILES string of the molecule is C=CCCC(=O)OC[C@@H](NC(=O)[C@@H]1[C@H]2O[C@@]3(CC2Br)[C@H](C(=O)N(CC=C)C(C)CCC)N(CCCCCCO)C(=O)[C@@H]13)c1ccccc1. The first-order chi connectivity index (χ1) is 23.1. The van der Waals surface area contributed by atoms with Crippen LogP contribution < -0.4 is 5.32 Å². The number of unbranched alkanes of at least 4 members (excludes halogenated alkanes) is 3. The highest BCUT2D eigenvalue weighted by Crippen LogP contribution is 2.60. The van der Waals surface area contributed by atoms with Gasteiger partial charge in [0, 0.05) is 37.0 Å². The van der Waals surface area contributed by atoms with Crippen LogP contribution in [0.2, 0.25) is 0 Å². The van der Waals surface area contributed by atoms with Crippen LogP contribution in [0.3, 0.4) is 0 Å². The molecule has 11 heteroatoms. The van der Waals surface area contributed by atoms with E-state index in [9.17, 15) is 24.3 Å². The van der Waals surface area contributed by atoms with Crippen LogP contribution in [-0.4, -0.2) is 93.5 Å². The van der Waals surface area contributed by atoms with Crippen molar-refractivity contribution in [2.75, 3.05) is 26.3 Å². The number of aliphatic hydroxyl groups is 1. The Morgan fingerprint density at radius 1 is 1.19 bits per heavy atom. The fourth-order valence-electron chi connectivity index (χ4n) is 7.70. The molecule has 2 bridgehead atoms. The maximum Gasteiger partial charge on any atom is 0.306 e. The third kappa shape index (κ3) is 8.05. The summed E-state index contributed by atoms with van der Waals surface area (Å²) in [6.45, 7) is 12.4. The summed E-state index contributed by atoms with van der Waals surface area (Å²) in [5.41, 5.74) is -0.415. The van der Waals surface area contributed by atoms with Gasteiger partial charge in [-0.2, -0.15) is 0 Å². The molecule has 1 spiro atoms. The van der Waals surface area contributed by atoms with Crippen LogP contribution in [0.4, 0.5) is 0 Å². The van der Waals surface area contributed by atoms with Crippen molar-refractivity contribution in [3.05, 3.63) is 61.2 Å². The molecule has 0 aromatic heterocycles. The van der Waals surface area contributed by atoms with E-state index < -0.39 is 41.6 Å². The first-order valence-electron chi connectivity index (χ1n) is 17.4. The molecule has 0 saturated carbocycles. The average molecular weight is 731 g/mol. The number of aliphatic hydroxyl groups excluding tert-OH is 1. The number of rotatable bonds is 20. The van der Waals surface area contributed by atoms with Crippen molar-refractivity contribution in [3.8, 4) is 0 Å². The molecule has 3 heterocycles. The second-order valence-electron chi connectivity index (χ2n) is 13.2. The Hall–Kier alpha value is -3.02. The summed E-state index contributed by atoms with van der Waals surface area (Å²) in [4.78, 5) is 59.1. The third-order valence-corrected chi connectivity index (χ3v) is 10.8. The van der Waals surface area contributed by atoms with Crippen LogP contribution in [0.1, 0.15) is 83.2 Å². The predicted octanol–water partition coefficient (Wildman–Crippen LogP) is 4.86. The summed E-state index contributed by atoms with van der Waals surface area (Å²) in [6.07, 6.45) is 8.47. The number of hydrogen-bond donors (Lipinski definition) is 2. The van der Waals surface area contributed by atoms with Crippen LogP contribution in [0.5, 0.6) is 0 Å². The summed E-state index contributed by atoms with van der Waals surface area (Å²) in [7, 11) is 0. The van der Waals surface area contributed by atoms with E-state index >= 15 is 0 Å². The Morgan fingerprint density at radius 2 is 1.92 bits per heavy atom. The lowest BCUT2D eigenvalue weighted by atomic mass is 9.70. The number of nitrogens with zero attached hydrogens (tertiary/aromatic N) is 2. The molecule has 0 aliphatic carbocycles. The molecule has 264 valence electrons. The molecule has 2 unspecified atom stereocenters. The van der Waals surface area contributed by atoms with Gasteiger partial charge in [0.25, 0.3) is 0 Å². The average Bonchev–Trinajstić information content (AvgIpc) is 3.67. The molecular weight excluding hydrogens is 678 g/mol. The maximum absolute atomic E-state index is 14.6. The van der Waals surface area contributed by atoms with Crippen LogP contribution >= 0.6 is 15.9 Å². The molecule has 3 aliphatic heterocycles. The van der Waals surface area contributed by atoms with Gasteiger partial charge in [0.05, 0.1) is 24.0 Å². The summed E-state index contributed by atoms with van der Waals surface area (Å²) in [6, 6.07) is 7.67. The number of carbonyl (C=O) groups is 4. The van der Waals surface area contributed by atoms with E-state index in [-0.39, 0.29) is 48.2 Å². The molecule has 10 nitrogen and oxygen atoms in total. The highest BCUT2D eigenvalue weighted by Gasteiger charge is 2.76. The molecule has 48 heavy (non-hydrogen) atoms. The highest BCUT2D eigenvalue weighted by atomic mass is 79.9. The molecule has 1 aromatic rings. The number of ether oxygens (including phenoxy) is 2. The van der Waals surface area contributed by atoms with Crippen LogP contribution in [0, 0.1) is 11.8 Å². The number of halogens is 1. The normalized spacial score (nSPS) is 26.9. The number of nitrogens with one attached hydrogen (secondary N) is 1. The van der Waals surface area contributed by atoms with Gasteiger partial charge in [-0.05, 0) is 44.6 Å². The number of hydrogen-bond acceptors (Lipinski definition) is 7. The first kappa shape index (κ1) is 37.8. The topological polar surface area (TPSA) is 125 Å². The van der Waals surface area contributed by atoms with Gasteiger partial charge in [0.1, 0.15) is 18.2 Å². The Labute approximate surface area is 293 Å². The zero-order chi connectivity index (χ0) is 34.8. The van der Waals surface area contributed by atoms with E-state index in [1.165, 1.54) is 0 Å². The zero-order valence-electron chi connectivity index (χ0n) is 28.4. The number of benzene rings is 1. The van der Waals surface area contributed by atoms with Crippen LogP contribution in [-0.2, 0) is 28.7 Å². The number of carbonyl (C=O) groups excluding carboxylic acids is 4. The lowest BCUT2D eigenvalue weighted by Crippen LogP contribution is -2.58. The molecule has 1 aromatic carbocycles. The predicted molar refractivity (Wildman–Crippen MR) is 187 cm³/mol. The van der Waals surface area contributed by atoms with Gasteiger partial charge in [-0.3, -0.25) is 19.2 Å². The van der Waals surface area contributed by atoms with Gasteiger partial charge in [-0.25, -0.2) is 0 Å². The van der Waals surface area contributed by atoms with Crippen molar-refractivity contribution in [1.29, 1.82) is 0 Å². The molecule has 3 saturated heterocycles. The van der Waals surface area contributed by atoms with Crippen molar-refractivity contribution in [1.82, 2.24) is 15.1 Å². The monoisotopic (exact) mass is 729 g/mol. The van der Waals surface area contributed by atoms with E-state index in [4.69, 9.17) is 9.47 Å². The molecule has 8 atom stereocenters. The molecule has 0 radical (unpaired) electrons. The third-order valence-electron chi connectivity index (χ3n) is 9.96. The van der Waals surface area contributed by atoms with E-state index in [1.807, 2.05) is 37.3 Å². The lowest BCUT2D eigenvalue weighted by Gasteiger charge is -2.39. The molecular formula is C37H52BrN3O7. The van der Waals surface area contributed by atoms with Gasteiger partial charge < -0.3 is 29.7 Å². The number of amides is 3. The van der Waals surface area contributed by atoms with Crippen molar-refractivity contribution in [2.24, 2.45) is 11.8 Å². The first-order valence-corrected chi connectivity index (χ1v) is 18.3. The minimum absolute atomic E-state index is 0.0711. The van der Waals surface area contributed by atoms with E-state index in [0.717, 1.165) is 31.2 Å². The molecule has 3 amide bonds. The Balaban J connectivity index is 1.66. The summed E-state index contributed by atoms with van der Waals surface area (Å²) in [5.74, 6) is -2.89. The fourth-order valence-corrected chi connectivity index (χ4v) is 8.64. The Bertz CT molecular complexity index is 1290. The van der Waals surface area contributed by atoms with Gasteiger partial charge in [0.2, 0.25) is 17.7 Å². The van der Waals surface area contributed by atoms with Gasteiger partial charge in [-0.15, -0.1) is 13.2 Å². The van der Waals surface area contributed by atoms with Crippen molar-refractivity contribution in [2.45, 2.75) is 106 Å². The minimum Gasteiger partial charge on any atom is -0.463 e. The quantitative estimate of drug-likeness (QED) is 0.0851. The fraction of sp³-hybridized carbons (Fsp3) is 0.622. The molecule has 3 fully saturated rings. The summed E-state index contributed by atoms with van der Waals surface area (Å²) in [5, 5.41) is 12.3. The minimum atomic E-state index is -1.18. The van der Waals surface area contributed by atoms with Crippen molar-refractivity contribution in [3.63, 3.8) is 0 Å². The van der Waals surface area contributed by atoms with Gasteiger partial charge in [0.15, 0.2) is 0 Å². The van der Waals surface area contributed by atoms with Crippen molar-refractivity contribution >= 4 is 39.6 Å². The van der Waals surface area contributed by atoms with Crippen LogP contribution in [0.15, 0.2) is 55.6 Å². The second kappa shape index (κ2) is 17.6. The lowest BCUT2D eigenvalue weighted by molar-refractivity contribution is -0.149.